The molecule has 0 aliphatic carbocycles. The van der Waals surface area contributed by atoms with Crippen molar-refractivity contribution in [2.24, 2.45) is 0 Å². The van der Waals surface area contributed by atoms with Crippen LogP contribution in [0.1, 0.15) is 22.3 Å². The average molecular weight is 388 g/mol. The van der Waals surface area contributed by atoms with E-state index in [4.69, 9.17) is 26.4 Å². The van der Waals surface area contributed by atoms with Gasteiger partial charge in [0.05, 0.1) is 26.9 Å². The molecule has 0 aromatic heterocycles. The molecule has 0 fully saturated rings. The summed E-state index contributed by atoms with van der Waals surface area (Å²) in [7, 11) is 4.60. The lowest BCUT2D eigenvalue weighted by Gasteiger charge is -2.12. The van der Waals surface area contributed by atoms with Crippen molar-refractivity contribution >= 4 is 29.0 Å². The number of esters is 1. The average Bonchev–Trinajstić information content (AvgIpc) is 2.70. The number of ether oxygens (including phenoxy) is 3. The van der Waals surface area contributed by atoms with Crippen molar-refractivity contribution in [3.63, 3.8) is 0 Å². The van der Waals surface area contributed by atoms with Gasteiger partial charge in [-0.3, -0.25) is 0 Å². The van der Waals surface area contributed by atoms with E-state index in [-0.39, 0.29) is 5.97 Å². The van der Waals surface area contributed by atoms with E-state index >= 15 is 0 Å². The van der Waals surface area contributed by atoms with Crippen LogP contribution in [0, 0.1) is 0 Å². The van der Waals surface area contributed by atoms with Gasteiger partial charge in [-0.2, -0.15) is 0 Å². The van der Waals surface area contributed by atoms with Crippen molar-refractivity contribution in [1.82, 2.24) is 5.32 Å². The first-order valence-corrected chi connectivity index (χ1v) is 8.92. The van der Waals surface area contributed by atoms with Gasteiger partial charge in [0, 0.05) is 12.2 Å². The molecular weight excluding hydrogens is 364 g/mol. The zero-order valence-electron chi connectivity index (χ0n) is 15.7. The molecule has 27 heavy (non-hydrogen) atoms. The standard InChI is InChI=1S/C20H24N2O4S/c1-24-17-10-9-14(12-18(17)25-2)6-5-11-21-20(27)22-16-8-4-7-15(13-16)19(23)26-3/h4,7-10,12-13H,5-6,11H2,1-3H3,(H2,21,22,27). The predicted octanol–water partition coefficient (Wildman–Crippen LogP) is 3.41. The zero-order chi connectivity index (χ0) is 19.6. The Labute approximate surface area is 164 Å². The lowest BCUT2D eigenvalue weighted by Crippen LogP contribution is -2.29. The van der Waals surface area contributed by atoms with E-state index in [1.807, 2.05) is 24.3 Å². The summed E-state index contributed by atoms with van der Waals surface area (Å²) in [5, 5.41) is 6.74. The number of aryl methyl sites for hydroxylation is 1. The quantitative estimate of drug-likeness (QED) is 0.408. The van der Waals surface area contributed by atoms with Gasteiger partial charge in [0.25, 0.3) is 0 Å². The fraction of sp³-hybridized carbons (Fsp3) is 0.300. The number of thiocarbonyl (C=S) groups is 1. The number of anilines is 1. The summed E-state index contributed by atoms with van der Waals surface area (Å²) in [5.74, 6) is 1.07. The molecule has 2 aromatic carbocycles. The van der Waals surface area contributed by atoms with Gasteiger partial charge >= 0.3 is 5.97 Å². The minimum Gasteiger partial charge on any atom is -0.493 e. The maximum Gasteiger partial charge on any atom is 0.337 e. The molecule has 0 spiro atoms. The Bertz CT molecular complexity index is 795. The van der Waals surface area contributed by atoms with E-state index in [0.29, 0.717) is 10.7 Å². The Morgan fingerprint density at radius 3 is 2.52 bits per heavy atom. The molecule has 0 unspecified atom stereocenters. The van der Waals surface area contributed by atoms with Crippen molar-refractivity contribution in [1.29, 1.82) is 0 Å². The van der Waals surface area contributed by atoms with Crippen LogP contribution in [0.3, 0.4) is 0 Å². The normalized spacial score (nSPS) is 10.0. The molecule has 0 aliphatic heterocycles. The Morgan fingerprint density at radius 2 is 1.81 bits per heavy atom. The lowest BCUT2D eigenvalue weighted by molar-refractivity contribution is 0.0601. The van der Waals surface area contributed by atoms with Gasteiger partial charge in [-0.1, -0.05) is 12.1 Å². The summed E-state index contributed by atoms with van der Waals surface area (Å²) >= 11 is 5.30. The first kappa shape index (κ1) is 20.5. The Hall–Kier alpha value is -2.80. The fourth-order valence-corrected chi connectivity index (χ4v) is 2.77. The highest BCUT2D eigenvalue weighted by Crippen LogP contribution is 2.27. The minimum absolute atomic E-state index is 0.382. The topological polar surface area (TPSA) is 68.8 Å². The Morgan fingerprint density at radius 1 is 1.04 bits per heavy atom. The molecular formula is C20H24N2O4S. The fourth-order valence-electron chi connectivity index (χ4n) is 2.55. The van der Waals surface area contributed by atoms with Crippen LogP contribution in [0.25, 0.3) is 0 Å². The number of carbonyl (C=O) groups is 1. The second kappa shape index (κ2) is 10.4. The smallest absolute Gasteiger partial charge is 0.337 e. The highest BCUT2D eigenvalue weighted by Gasteiger charge is 2.07. The van der Waals surface area contributed by atoms with Crippen LogP contribution in [-0.2, 0) is 11.2 Å². The van der Waals surface area contributed by atoms with Gasteiger partial charge in [0.1, 0.15) is 0 Å². The molecule has 0 aliphatic rings. The van der Waals surface area contributed by atoms with Crippen molar-refractivity contribution in [2.45, 2.75) is 12.8 Å². The number of nitrogens with one attached hydrogen (secondary N) is 2. The van der Waals surface area contributed by atoms with E-state index in [1.54, 1.807) is 32.4 Å². The number of methoxy groups -OCH3 is 3. The SMILES string of the molecule is COC(=O)c1cccc(NC(=S)NCCCc2ccc(OC)c(OC)c2)c1. The summed E-state index contributed by atoms with van der Waals surface area (Å²) in [6, 6.07) is 12.9. The summed E-state index contributed by atoms with van der Waals surface area (Å²) in [6.45, 7) is 0.719. The number of hydrogen-bond donors (Lipinski definition) is 2. The highest BCUT2D eigenvalue weighted by molar-refractivity contribution is 7.80. The molecule has 144 valence electrons. The molecule has 0 atom stereocenters. The molecule has 0 radical (unpaired) electrons. The molecule has 2 aromatic rings. The third kappa shape index (κ3) is 6.14. The van der Waals surface area contributed by atoms with Crippen LogP contribution in [0.5, 0.6) is 11.5 Å². The molecule has 0 bridgehead atoms. The molecule has 2 rings (SSSR count). The first-order valence-electron chi connectivity index (χ1n) is 8.51. The molecule has 0 saturated heterocycles. The van der Waals surface area contributed by atoms with Crippen molar-refractivity contribution in [3.05, 3.63) is 53.6 Å². The molecule has 0 saturated carbocycles. The van der Waals surface area contributed by atoms with Crippen molar-refractivity contribution < 1.29 is 19.0 Å². The van der Waals surface area contributed by atoms with E-state index in [0.717, 1.165) is 36.6 Å². The van der Waals surface area contributed by atoms with Gasteiger partial charge in [-0.15, -0.1) is 0 Å². The lowest BCUT2D eigenvalue weighted by atomic mass is 10.1. The Balaban J connectivity index is 1.79. The Kier molecular flexibility index (Phi) is 7.88. The van der Waals surface area contributed by atoms with Gasteiger partial charge < -0.3 is 24.8 Å². The molecule has 6 nitrogen and oxygen atoms in total. The number of rotatable bonds is 8. The summed E-state index contributed by atoms with van der Waals surface area (Å²) in [6.07, 6.45) is 1.79. The third-order valence-corrected chi connectivity index (χ3v) is 4.16. The van der Waals surface area contributed by atoms with E-state index < -0.39 is 0 Å². The zero-order valence-corrected chi connectivity index (χ0v) is 16.5. The van der Waals surface area contributed by atoms with Crippen LogP contribution in [0.15, 0.2) is 42.5 Å². The molecule has 2 N–H and O–H groups in total. The molecule has 0 amide bonds. The van der Waals surface area contributed by atoms with Gasteiger partial charge in [0.2, 0.25) is 0 Å². The van der Waals surface area contributed by atoms with E-state index in [9.17, 15) is 4.79 Å². The van der Waals surface area contributed by atoms with Crippen LogP contribution < -0.4 is 20.1 Å². The molecule has 7 heteroatoms. The molecule has 0 heterocycles. The maximum atomic E-state index is 11.6. The van der Waals surface area contributed by atoms with Crippen molar-refractivity contribution in [3.8, 4) is 11.5 Å². The summed E-state index contributed by atoms with van der Waals surface area (Å²) in [4.78, 5) is 11.6. The largest absolute Gasteiger partial charge is 0.493 e. The van der Waals surface area contributed by atoms with Crippen LogP contribution in [0.2, 0.25) is 0 Å². The first-order chi connectivity index (χ1) is 13.1. The minimum atomic E-state index is -0.382. The maximum absolute atomic E-state index is 11.6. The van der Waals surface area contributed by atoms with Gasteiger partial charge in [-0.25, -0.2) is 4.79 Å². The predicted molar refractivity (Wildman–Crippen MR) is 110 cm³/mol. The summed E-state index contributed by atoms with van der Waals surface area (Å²) in [5.41, 5.74) is 2.37. The van der Waals surface area contributed by atoms with Gasteiger partial charge in [0.15, 0.2) is 16.6 Å². The van der Waals surface area contributed by atoms with Crippen LogP contribution in [-0.4, -0.2) is 39.0 Å². The van der Waals surface area contributed by atoms with Crippen LogP contribution >= 0.6 is 12.2 Å². The number of benzene rings is 2. The second-order valence-corrected chi connectivity index (χ2v) is 6.15. The van der Waals surface area contributed by atoms with Crippen LogP contribution in [0.4, 0.5) is 5.69 Å². The third-order valence-electron chi connectivity index (χ3n) is 3.92. The summed E-state index contributed by atoms with van der Waals surface area (Å²) < 4.78 is 15.3. The van der Waals surface area contributed by atoms with E-state index in [1.165, 1.54) is 12.7 Å². The second-order valence-electron chi connectivity index (χ2n) is 5.75. The number of hydrogen-bond acceptors (Lipinski definition) is 5. The monoisotopic (exact) mass is 388 g/mol. The van der Waals surface area contributed by atoms with Crippen molar-refractivity contribution in [2.75, 3.05) is 33.2 Å². The van der Waals surface area contributed by atoms with E-state index in [2.05, 4.69) is 10.6 Å². The van der Waals surface area contributed by atoms with Gasteiger partial charge in [-0.05, 0) is 61.0 Å². The highest BCUT2D eigenvalue weighted by atomic mass is 32.1. The number of carbonyl (C=O) groups excluding carboxylic acids is 1.